The van der Waals surface area contributed by atoms with Crippen LogP contribution in [0.2, 0.25) is 5.02 Å². The topological polar surface area (TPSA) is 50.8 Å². The number of urea groups is 1. The minimum atomic E-state index is -0.135. The first-order valence-electron chi connectivity index (χ1n) is 8.35. The molecule has 5 nitrogen and oxygen atoms in total. The Kier molecular flexibility index (Phi) is 4.51. The van der Waals surface area contributed by atoms with Crippen molar-refractivity contribution < 1.29 is 14.3 Å². The van der Waals surface area contributed by atoms with Crippen LogP contribution in [0, 0.1) is 0 Å². The van der Waals surface area contributed by atoms with Crippen LogP contribution in [-0.2, 0) is 4.74 Å². The van der Waals surface area contributed by atoms with Gasteiger partial charge in [-0.05, 0) is 23.8 Å². The highest BCUT2D eigenvalue weighted by Gasteiger charge is 2.30. The van der Waals surface area contributed by atoms with E-state index in [1.165, 1.54) is 0 Å². The van der Waals surface area contributed by atoms with Gasteiger partial charge >= 0.3 is 6.03 Å². The van der Waals surface area contributed by atoms with Gasteiger partial charge in [-0.2, -0.15) is 0 Å². The molecule has 0 saturated carbocycles. The summed E-state index contributed by atoms with van der Waals surface area (Å²) in [7, 11) is 0. The van der Waals surface area contributed by atoms with E-state index >= 15 is 0 Å². The van der Waals surface area contributed by atoms with Gasteiger partial charge in [-0.15, -0.1) is 0 Å². The molecule has 0 aliphatic carbocycles. The molecule has 130 valence electrons. The highest BCUT2D eigenvalue weighted by atomic mass is 35.5. The third-order valence-corrected chi connectivity index (χ3v) is 4.85. The Balaban J connectivity index is 1.41. The maximum absolute atomic E-state index is 12.7. The lowest BCUT2D eigenvalue weighted by atomic mass is 10.1. The van der Waals surface area contributed by atoms with Crippen molar-refractivity contribution in [2.75, 3.05) is 26.3 Å². The number of nitrogens with one attached hydrogen (secondary N) is 1. The summed E-state index contributed by atoms with van der Waals surface area (Å²) in [6.45, 7) is 2.07. The molecule has 1 N–H and O–H groups in total. The Hall–Kier alpha value is -2.24. The first-order chi connectivity index (χ1) is 12.2. The van der Waals surface area contributed by atoms with Gasteiger partial charge in [0.2, 0.25) is 0 Å². The second kappa shape index (κ2) is 6.94. The van der Waals surface area contributed by atoms with Crippen LogP contribution in [0.3, 0.4) is 0 Å². The van der Waals surface area contributed by atoms with Gasteiger partial charge in [-0.1, -0.05) is 41.9 Å². The molecule has 0 radical (unpaired) electrons. The van der Waals surface area contributed by atoms with Crippen molar-refractivity contribution in [3.05, 3.63) is 64.7 Å². The van der Waals surface area contributed by atoms with Crippen LogP contribution in [-0.4, -0.2) is 37.2 Å². The number of ether oxygens (including phenoxy) is 2. The largest absolute Gasteiger partial charge is 0.491 e. The number of para-hydroxylation sites is 1. The molecular formula is C19H19ClN2O3. The maximum atomic E-state index is 12.7. The second-order valence-corrected chi connectivity index (χ2v) is 6.64. The normalized spacial score (nSPS) is 22.2. The van der Waals surface area contributed by atoms with E-state index in [2.05, 4.69) is 5.32 Å². The molecule has 2 aliphatic heterocycles. The van der Waals surface area contributed by atoms with Crippen molar-refractivity contribution >= 4 is 17.6 Å². The third-order valence-electron chi connectivity index (χ3n) is 4.59. The van der Waals surface area contributed by atoms with Crippen molar-refractivity contribution in [3.63, 3.8) is 0 Å². The van der Waals surface area contributed by atoms with Crippen molar-refractivity contribution in [2.24, 2.45) is 0 Å². The van der Waals surface area contributed by atoms with Crippen LogP contribution in [0.4, 0.5) is 4.79 Å². The average Bonchev–Trinajstić information content (AvgIpc) is 3.05. The lowest BCUT2D eigenvalue weighted by molar-refractivity contribution is -0.0158. The Bertz CT molecular complexity index is 766. The molecule has 4 rings (SSSR count). The number of carbonyl (C=O) groups is 1. The van der Waals surface area contributed by atoms with Crippen LogP contribution < -0.4 is 10.1 Å². The van der Waals surface area contributed by atoms with E-state index in [0.717, 1.165) is 16.9 Å². The van der Waals surface area contributed by atoms with Crippen LogP contribution in [0.1, 0.15) is 23.3 Å². The molecule has 0 spiro atoms. The zero-order chi connectivity index (χ0) is 17.2. The number of hydrogen-bond donors (Lipinski definition) is 1. The summed E-state index contributed by atoms with van der Waals surface area (Å²) in [5.41, 5.74) is 2.05. The van der Waals surface area contributed by atoms with Gasteiger partial charge in [0.05, 0.1) is 19.2 Å². The molecule has 0 unspecified atom stereocenters. The molecule has 0 bridgehead atoms. The number of morpholine rings is 1. The van der Waals surface area contributed by atoms with Gasteiger partial charge in [0.15, 0.2) is 0 Å². The predicted octanol–water partition coefficient (Wildman–Crippen LogP) is 3.56. The molecule has 2 heterocycles. The van der Waals surface area contributed by atoms with Crippen molar-refractivity contribution in [1.82, 2.24) is 10.2 Å². The molecule has 2 amide bonds. The zero-order valence-electron chi connectivity index (χ0n) is 13.7. The molecule has 2 aromatic rings. The first kappa shape index (κ1) is 16.2. The molecule has 2 aliphatic rings. The lowest BCUT2D eigenvalue weighted by Gasteiger charge is -2.33. The quantitative estimate of drug-likeness (QED) is 0.893. The van der Waals surface area contributed by atoms with Gasteiger partial charge in [0.1, 0.15) is 18.5 Å². The Morgan fingerprint density at radius 2 is 1.96 bits per heavy atom. The molecule has 2 aromatic carbocycles. The fourth-order valence-corrected chi connectivity index (χ4v) is 3.36. The van der Waals surface area contributed by atoms with Crippen LogP contribution >= 0.6 is 11.6 Å². The number of halogens is 1. The fourth-order valence-electron chi connectivity index (χ4n) is 3.24. The Morgan fingerprint density at radius 1 is 1.16 bits per heavy atom. The number of hydrogen-bond acceptors (Lipinski definition) is 3. The molecule has 2 atom stereocenters. The lowest BCUT2D eigenvalue weighted by Crippen LogP contribution is -2.48. The Morgan fingerprint density at radius 3 is 2.80 bits per heavy atom. The SMILES string of the molecule is O=C(N[C@@H]1COc2ccccc21)N1CCO[C@@H](c2ccc(Cl)cc2)C1. The van der Waals surface area contributed by atoms with E-state index in [1.807, 2.05) is 48.5 Å². The minimum Gasteiger partial charge on any atom is -0.491 e. The van der Waals surface area contributed by atoms with E-state index in [0.29, 0.717) is 31.3 Å². The van der Waals surface area contributed by atoms with Crippen LogP contribution in [0.15, 0.2) is 48.5 Å². The molecule has 0 aromatic heterocycles. The summed E-state index contributed by atoms with van der Waals surface area (Å²) in [5.74, 6) is 0.841. The highest BCUT2D eigenvalue weighted by Crippen LogP contribution is 2.32. The van der Waals surface area contributed by atoms with Gasteiger partial charge in [-0.3, -0.25) is 0 Å². The molecule has 25 heavy (non-hydrogen) atoms. The minimum absolute atomic E-state index is 0.0902. The maximum Gasteiger partial charge on any atom is 0.318 e. The van der Waals surface area contributed by atoms with Gasteiger partial charge in [-0.25, -0.2) is 4.79 Å². The van der Waals surface area contributed by atoms with Gasteiger partial charge in [0, 0.05) is 17.1 Å². The van der Waals surface area contributed by atoms with Crippen molar-refractivity contribution in [1.29, 1.82) is 0 Å². The number of rotatable bonds is 2. The smallest absolute Gasteiger partial charge is 0.318 e. The van der Waals surface area contributed by atoms with Crippen LogP contribution in [0.25, 0.3) is 0 Å². The number of amides is 2. The summed E-state index contributed by atoms with van der Waals surface area (Å²) in [6.07, 6.45) is -0.135. The van der Waals surface area contributed by atoms with Crippen molar-refractivity contribution in [3.8, 4) is 5.75 Å². The number of fused-ring (bicyclic) bond motifs is 1. The number of benzene rings is 2. The highest BCUT2D eigenvalue weighted by molar-refractivity contribution is 6.30. The standard InChI is InChI=1S/C19H19ClN2O3/c20-14-7-5-13(6-8-14)18-11-22(9-10-24-18)19(23)21-16-12-25-17-4-2-1-3-15(16)17/h1-8,16,18H,9-12H2,(H,21,23)/t16-,18-/m1/s1. The summed E-state index contributed by atoms with van der Waals surface area (Å²) < 4.78 is 11.5. The Labute approximate surface area is 151 Å². The molecule has 1 saturated heterocycles. The first-order valence-corrected chi connectivity index (χ1v) is 8.73. The average molecular weight is 359 g/mol. The summed E-state index contributed by atoms with van der Waals surface area (Å²) in [5, 5.41) is 3.76. The van der Waals surface area contributed by atoms with E-state index in [9.17, 15) is 4.79 Å². The van der Waals surface area contributed by atoms with Crippen molar-refractivity contribution in [2.45, 2.75) is 12.1 Å². The molecular weight excluding hydrogens is 340 g/mol. The van der Waals surface area contributed by atoms with Gasteiger partial charge < -0.3 is 19.7 Å². The van der Waals surface area contributed by atoms with E-state index in [-0.39, 0.29) is 18.2 Å². The summed E-state index contributed by atoms with van der Waals surface area (Å²) >= 11 is 5.94. The molecule has 6 heteroatoms. The molecule has 1 fully saturated rings. The third kappa shape index (κ3) is 3.43. The zero-order valence-corrected chi connectivity index (χ0v) is 14.4. The fraction of sp³-hybridized carbons (Fsp3) is 0.316. The van der Waals surface area contributed by atoms with Crippen LogP contribution in [0.5, 0.6) is 5.75 Å². The van der Waals surface area contributed by atoms with E-state index < -0.39 is 0 Å². The summed E-state index contributed by atoms with van der Waals surface area (Å²) in [4.78, 5) is 14.5. The number of carbonyl (C=O) groups excluding carboxylic acids is 1. The number of nitrogens with zero attached hydrogens (tertiary/aromatic N) is 1. The summed E-state index contributed by atoms with van der Waals surface area (Å²) in [6, 6.07) is 15.2. The van der Waals surface area contributed by atoms with E-state index in [1.54, 1.807) is 4.90 Å². The van der Waals surface area contributed by atoms with Gasteiger partial charge in [0.25, 0.3) is 0 Å². The van der Waals surface area contributed by atoms with E-state index in [4.69, 9.17) is 21.1 Å². The second-order valence-electron chi connectivity index (χ2n) is 6.21. The monoisotopic (exact) mass is 358 g/mol. The predicted molar refractivity (Wildman–Crippen MR) is 94.9 cm³/mol.